The first-order chi connectivity index (χ1) is 42.6. The minimum atomic E-state index is -0.0557. The molecule has 0 saturated heterocycles. The number of anilines is 9. The standard InChI is InChI=1S/C81H59N5/c1-7-21-59(22-8-1)61-35-37-63(38-36-61)79(65-45-51-73(52-46-65)84(68-25-11-3-12-26-68)69-27-13-4-14-28-69)64-39-41-66(42-40-64)80-81(83-78-34-20-19-33-77(78)82-80)67-47-53-74(54-48-67)86(72-49-43-62(44-50-72)60-23-9-2-10-24-60)76-57-55-75(56-58-76)85(70-29-15-5-16-30-70)71-31-17-6-18-32-71/h1-58,79H. The molecule has 86 heavy (non-hydrogen) atoms. The van der Waals surface area contributed by atoms with Gasteiger partial charge in [0.05, 0.1) is 22.4 Å². The third-order valence-corrected chi connectivity index (χ3v) is 16.0. The normalized spacial score (nSPS) is 11.4. The van der Waals surface area contributed by atoms with Crippen LogP contribution in [0.25, 0.3) is 55.8 Å². The van der Waals surface area contributed by atoms with Crippen LogP contribution in [0.15, 0.2) is 352 Å². The second-order valence-electron chi connectivity index (χ2n) is 21.4. The Hall–Kier alpha value is -11.4. The van der Waals surface area contributed by atoms with Gasteiger partial charge in [-0.2, -0.15) is 0 Å². The number of benzene rings is 13. The van der Waals surface area contributed by atoms with Gasteiger partial charge >= 0.3 is 0 Å². The highest BCUT2D eigenvalue weighted by molar-refractivity contribution is 5.88. The van der Waals surface area contributed by atoms with Crippen LogP contribution in [0.4, 0.5) is 51.2 Å². The van der Waals surface area contributed by atoms with Crippen molar-refractivity contribution >= 4 is 62.2 Å². The summed E-state index contributed by atoms with van der Waals surface area (Å²) < 4.78 is 0. The Morgan fingerprint density at radius 1 is 0.174 bits per heavy atom. The molecule has 408 valence electrons. The monoisotopic (exact) mass is 1100 g/mol. The summed E-state index contributed by atoms with van der Waals surface area (Å²) in [6.45, 7) is 0. The van der Waals surface area contributed by atoms with Gasteiger partial charge in [-0.3, -0.25) is 0 Å². The molecule has 1 aromatic heterocycles. The molecule has 0 aliphatic carbocycles. The van der Waals surface area contributed by atoms with Crippen LogP contribution in [0.2, 0.25) is 0 Å². The molecule has 0 fully saturated rings. The van der Waals surface area contributed by atoms with Crippen molar-refractivity contribution in [2.24, 2.45) is 0 Å². The molecule has 0 N–H and O–H groups in total. The number of nitrogens with zero attached hydrogens (tertiary/aromatic N) is 5. The molecule has 5 nitrogen and oxygen atoms in total. The largest absolute Gasteiger partial charge is 0.311 e. The summed E-state index contributed by atoms with van der Waals surface area (Å²) in [7, 11) is 0. The van der Waals surface area contributed by atoms with Gasteiger partial charge in [-0.05, 0) is 160 Å². The minimum Gasteiger partial charge on any atom is -0.311 e. The van der Waals surface area contributed by atoms with E-state index in [1.54, 1.807) is 0 Å². The van der Waals surface area contributed by atoms with Crippen LogP contribution in [0, 0.1) is 0 Å². The zero-order valence-electron chi connectivity index (χ0n) is 47.3. The lowest BCUT2D eigenvalue weighted by Gasteiger charge is -2.28. The van der Waals surface area contributed by atoms with Gasteiger partial charge in [0, 0.05) is 68.2 Å². The molecule has 0 aliphatic rings. The fourth-order valence-electron chi connectivity index (χ4n) is 11.7. The maximum atomic E-state index is 5.40. The fourth-order valence-corrected chi connectivity index (χ4v) is 11.7. The van der Waals surface area contributed by atoms with Crippen LogP contribution in [0.1, 0.15) is 22.6 Å². The van der Waals surface area contributed by atoms with E-state index in [2.05, 4.69) is 342 Å². The number of rotatable bonds is 16. The van der Waals surface area contributed by atoms with Crippen molar-refractivity contribution < 1.29 is 0 Å². The van der Waals surface area contributed by atoms with Gasteiger partial charge in [0.25, 0.3) is 0 Å². The molecule has 13 aromatic carbocycles. The van der Waals surface area contributed by atoms with Gasteiger partial charge < -0.3 is 14.7 Å². The second kappa shape index (κ2) is 24.2. The summed E-state index contributed by atoms with van der Waals surface area (Å²) in [6.07, 6.45) is 0. The molecule has 0 saturated carbocycles. The van der Waals surface area contributed by atoms with E-state index in [4.69, 9.17) is 9.97 Å². The van der Waals surface area contributed by atoms with E-state index in [9.17, 15) is 0 Å². The van der Waals surface area contributed by atoms with Crippen molar-refractivity contribution in [3.8, 4) is 44.8 Å². The van der Waals surface area contributed by atoms with Crippen LogP contribution in [0.5, 0.6) is 0 Å². The second-order valence-corrected chi connectivity index (χ2v) is 21.4. The van der Waals surface area contributed by atoms with Crippen LogP contribution in [0.3, 0.4) is 0 Å². The Bertz CT molecular complexity index is 4120. The zero-order chi connectivity index (χ0) is 57.4. The van der Waals surface area contributed by atoms with Crippen LogP contribution >= 0.6 is 0 Å². The van der Waals surface area contributed by atoms with Crippen LogP contribution in [-0.4, -0.2) is 9.97 Å². The smallest absolute Gasteiger partial charge is 0.0973 e. The Kier molecular flexibility index (Phi) is 14.8. The maximum Gasteiger partial charge on any atom is 0.0973 e. The molecule has 0 radical (unpaired) electrons. The highest BCUT2D eigenvalue weighted by Gasteiger charge is 2.22. The average Bonchev–Trinajstić information content (AvgIpc) is 2.17. The van der Waals surface area contributed by atoms with Gasteiger partial charge in [0.2, 0.25) is 0 Å². The molecular formula is C81H59N5. The zero-order valence-corrected chi connectivity index (χ0v) is 47.3. The predicted molar refractivity (Wildman–Crippen MR) is 359 cm³/mol. The lowest BCUT2D eigenvalue weighted by molar-refractivity contribution is 0.977. The van der Waals surface area contributed by atoms with Crippen molar-refractivity contribution in [2.45, 2.75) is 5.92 Å². The number of hydrogen-bond donors (Lipinski definition) is 0. The van der Waals surface area contributed by atoms with Crippen LogP contribution < -0.4 is 14.7 Å². The molecule has 5 heteroatoms. The average molecular weight is 1100 g/mol. The first-order valence-electron chi connectivity index (χ1n) is 29.2. The lowest BCUT2D eigenvalue weighted by atomic mass is 9.84. The first-order valence-corrected chi connectivity index (χ1v) is 29.2. The van der Waals surface area contributed by atoms with Gasteiger partial charge in [-0.15, -0.1) is 0 Å². The van der Waals surface area contributed by atoms with Crippen molar-refractivity contribution in [1.82, 2.24) is 9.97 Å². The molecular weight excluding hydrogens is 1040 g/mol. The summed E-state index contributed by atoms with van der Waals surface area (Å²) in [6, 6.07) is 125. The Balaban J connectivity index is 0.825. The Morgan fingerprint density at radius 3 is 0.686 bits per heavy atom. The van der Waals surface area contributed by atoms with Gasteiger partial charge in [0.1, 0.15) is 0 Å². The lowest BCUT2D eigenvalue weighted by Crippen LogP contribution is -2.12. The molecule has 0 spiro atoms. The van der Waals surface area contributed by atoms with Crippen molar-refractivity contribution in [2.75, 3.05) is 14.7 Å². The van der Waals surface area contributed by atoms with E-state index >= 15 is 0 Å². The Labute approximate surface area is 503 Å². The van der Waals surface area contributed by atoms with Crippen LogP contribution in [-0.2, 0) is 0 Å². The van der Waals surface area contributed by atoms with E-state index in [0.717, 1.165) is 90.3 Å². The van der Waals surface area contributed by atoms with E-state index in [0.29, 0.717) is 0 Å². The molecule has 1 unspecified atom stereocenters. The Morgan fingerprint density at radius 2 is 0.372 bits per heavy atom. The summed E-state index contributed by atoms with van der Waals surface area (Å²) in [5, 5.41) is 0. The predicted octanol–water partition coefficient (Wildman–Crippen LogP) is 21.9. The topological polar surface area (TPSA) is 35.5 Å². The number of aromatic nitrogens is 2. The van der Waals surface area contributed by atoms with E-state index in [-0.39, 0.29) is 5.92 Å². The van der Waals surface area contributed by atoms with Crippen molar-refractivity contribution in [1.29, 1.82) is 0 Å². The van der Waals surface area contributed by atoms with Crippen molar-refractivity contribution in [3.05, 3.63) is 369 Å². The molecule has 1 heterocycles. The SMILES string of the molecule is c1ccc(-c2ccc(C(c3ccc(-c4nc5ccccc5nc4-c4ccc(N(c5ccc(-c6ccccc6)cc5)c5ccc(N(c6ccccc6)c6ccccc6)cc5)cc4)cc3)c3ccc(N(c4ccccc4)c4ccccc4)cc3)cc2)cc1. The molecule has 0 bridgehead atoms. The number of hydrogen-bond acceptors (Lipinski definition) is 5. The molecule has 14 aromatic rings. The van der Waals surface area contributed by atoms with Gasteiger partial charge in [-0.1, -0.05) is 231 Å². The highest BCUT2D eigenvalue weighted by atomic mass is 15.2. The maximum absolute atomic E-state index is 5.40. The van der Waals surface area contributed by atoms with Gasteiger partial charge in [-0.25, -0.2) is 9.97 Å². The summed E-state index contributed by atoms with van der Waals surface area (Å²) >= 11 is 0. The van der Waals surface area contributed by atoms with Gasteiger partial charge in [0.15, 0.2) is 0 Å². The summed E-state index contributed by atoms with van der Waals surface area (Å²) in [4.78, 5) is 17.7. The summed E-state index contributed by atoms with van der Waals surface area (Å²) in [5.41, 5.74) is 23.2. The highest BCUT2D eigenvalue weighted by Crippen LogP contribution is 2.43. The number of fused-ring (bicyclic) bond motifs is 1. The van der Waals surface area contributed by atoms with E-state index in [1.807, 2.05) is 24.3 Å². The molecule has 0 aliphatic heterocycles. The molecule has 0 amide bonds. The third kappa shape index (κ3) is 11.0. The number of para-hydroxylation sites is 6. The fraction of sp³-hybridized carbons (Fsp3) is 0.0123. The quantitative estimate of drug-likeness (QED) is 0.0901. The minimum absolute atomic E-state index is 0.0557. The molecule has 14 rings (SSSR count). The molecule has 1 atom stereocenters. The first kappa shape index (κ1) is 52.7. The summed E-state index contributed by atoms with van der Waals surface area (Å²) in [5.74, 6) is -0.0557. The van der Waals surface area contributed by atoms with E-state index in [1.165, 1.54) is 33.4 Å². The third-order valence-electron chi connectivity index (χ3n) is 16.0. The van der Waals surface area contributed by atoms with E-state index < -0.39 is 0 Å². The van der Waals surface area contributed by atoms with Crippen molar-refractivity contribution in [3.63, 3.8) is 0 Å².